The van der Waals surface area contributed by atoms with Crippen LogP contribution in [0.25, 0.3) is 10.2 Å². The van der Waals surface area contributed by atoms with E-state index in [0.29, 0.717) is 21.3 Å². The van der Waals surface area contributed by atoms with Crippen molar-refractivity contribution in [1.82, 2.24) is 9.97 Å². The summed E-state index contributed by atoms with van der Waals surface area (Å²) in [4.78, 5) is 23.7. The highest BCUT2D eigenvalue weighted by atomic mass is 79.9. The summed E-state index contributed by atoms with van der Waals surface area (Å²) in [6, 6.07) is 12.1. The number of carbonyl (C=O) groups is 1. The Bertz CT molecular complexity index is 1080. The van der Waals surface area contributed by atoms with Crippen LogP contribution in [0.5, 0.6) is 0 Å². The van der Waals surface area contributed by atoms with Gasteiger partial charge in [-0.05, 0) is 51.8 Å². The zero-order valence-electron chi connectivity index (χ0n) is 13.2. The van der Waals surface area contributed by atoms with Gasteiger partial charge in [0.1, 0.15) is 11.3 Å². The molecular formula is C18H11BrFN3OS2. The Morgan fingerprint density at radius 2 is 2.04 bits per heavy atom. The van der Waals surface area contributed by atoms with Crippen LogP contribution in [-0.2, 0) is 6.54 Å². The largest absolute Gasteiger partial charge is 0.279 e. The highest BCUT2D eigenvalue weighted by Gasteiger charge is 2.23. The first kappa shape index (κ1) is 17.3. The molecule has 4 rings (SSSR count). The molecule has 3 heterocycles. The van der Waals surface area contributed by atoms with E-state index in [4.69, 9.17) is 0 Å². The van der Waals surface area contributed by atoms with E-state index >= 15 is 0 Å². The van der Waals surface area contributed by atoms with Crippen LogP contribution in [0.3, 0.4) is 0 Å². The van der Waals surface area contributed by atoms with Gasteiger partial charge in [0, 0.05) is 12.4 Å². The van der Waals surface area contributed by atoms with Crippen molar-refractivity contribution in [1.29, 1.82) is 0 Å². The number of thiazole rings is 1. The number of benzene rings is 1. The number of aromatic nitrogens is 2. The molecule has 0 radical (unpaired) electrons. The highest BCUT2D eigenvalue weighted by molar-refractivity contribution is 9.11. The van der Waals surface area contributed by atoms with Gasteiger partial charge in [0.15, 0.2) is 5.13 Å². The fraction of sp³-hybridized carbons (Fsp3) is 0.0556. The number of halogens is 2. The van der Waals surface area contributed by atoms with Gasteiger partial charge >= 0.3 is 0 Å². The minimum atomic E-state index is -0.391. The summed E-state index contributed by atoms with van der Waals surface area (Å²) in [6.45, 7) is 0.309. The first-order valence-corrected chi connectivity index (χ1v) is 10.1. The lowest BCUT2D eigenvalue weighted by Crippen LogP contribution is -2.29. The van der Waals surface area contributed by atoms with E-state index in [1.165, 1.54) is 28.7 Å². The SMILES string of the molecule is O=C(c1ccc(Br)s1)N(Cc1cccnc1)c1nc2c(F)cccc2s1. The zero-order valence-corrected chi connectivity index (χ0v) is 16.4. The van der Waals surface area contributed by atoms with Gasteiger partial charge in [-0.3, -0.25) is 14.7 Å². The smallest absolute Gasteiger partial charge is 0.270 e. The topological polar surface area (TPSA) is 46.1 Å². The van der Waals surface area contributed by atoms with Crippen LogP contribution >= 0.6 is 38.6 Å². The molecule has 0 bridgehead atoms. The minimum Gasteiger partial charge on any atom is -0.279 e. The number of anilines is 1. The van der Waals surface area contributed by atoms with Crippen molar-refractivity contribution in [2.75, 3.05) is 4.90 Å². The molecule has 0 aliphatic rings. The fourth-order valence-corrected chi connectivity index (χ4v) is 4.79. The molecule has 0 unspecified atom stereocenters. The third-order valence-corrected chi connectivity index (χ3v) is 6.34. The second-order valence-corrected chi connectivity index (χ2v) is 8.91. The zero-order chi connectivity index (χ0) is 18.1. The van der Waals surface area contributed by atoms with E-state index < -0.39 is 5.82 Å². The standard InChI is InChI=1S/C18H11BrFN3OS2/c19-15-7-6-14(25-15)17(24)23(10-11-3-2-8-21-9-11)18-22-16-12(20)4-1-5-13(16)26-18/h1-9H,10H2. The predicted octanol–water partition coefficient (Wildman–Crippen LogP) is 5.50. The van der Waals surface area contributed by atoms with Gasteiger partial charge in [0.25, 0.3) is 5.91 Å². The fourth-order valence-electron chi connectivity index (χ4n) is 2.48. The second kappa shape index (κ2) is 7.22. The Labute approximate surface area is 165 Å². The molecule has 0 aliphatic heterocycles. The quantitative estimate of drug-likeness (QED) is 0.414. The number of carbonyl (C=O) groups excluding carboxylic acids is 1. The van der Waals surface area contributed by atoms with E-state index in [0.717, 1.165) is 9.35 Å². The summed E-state index contributed by atoms with van der Waals surface area (Å²) in [5, 5.41) is 0.462. The summed E-state index contributed by atoms with van der Waals surface area (Å²) in [5.74, 6) is -0.568. The first-order valence-electron chi connectivity index (χ1n) is 7.63. The van der Waals surface area contributed by atoms with Crippen LogP contribution in [0.4, 0.5) is 9.52 Å². The van der Waals surface area contributed by atoms with Gasteiger partial charge in [-0.25, -0.2) is 9.37 Å². The van der Waals surface area contributed by atoms with E-state index in [-0.39, 0.29) is 11.4 Å². The number of fused-ring (bicyclic) bond motifs is 1. The summed E-state index contributed by atoms with van der Waals surface area (Å²) < 4.78 is 15.6. The molecule has 3 aromatic heterocycles. The van der Waals surface area contributed by atoms with Crippen LogP contribution in [0, 0.1) is 5.82 Å². The van der Waals surface area contributed by atoms with Crippen molar-refractivity contribution in [3.8, 4) is 0 Å². The maximum absolute atomic E-state index is 14.0. The molecule has 1 aromatic carbocycles. The van der Waals surface area contributed by atoms with Crippen LogP contribution < -0.4 is 4.90 Å². The number of pyridine rings is 1. The van der Waals surface area contributed by atoms with Crippen molar-refractivity contribution in [3.63, 3.8) is 0 Å². The molecule has 4 aromatic rings. The maximum Gasteiger partial charge on any atom is 0.270 e. The third kappa shape index (κ3) is 3.40. The molecule has 26 heavy (non-hydrogen) atoms. The molecule has 0 N–H and O–H groups in total. The van der Waals surface area contributed by atoms with E-state index in [1.54, 1.807) is 35.5 Å². The average Bonchev–Trinajstić information content (AvgIpc) is 3.27. The molecular weight excluding hydrogens is 437 g/mol. The number of thiophene rings is 1. The van der Waals surface area contributed by atoms with Crippen LogP contribution in [-0.4, -0.2) is 15.9 Å². The van der Waals surface area contributed by atoms with Gasteiger partial charge in [0.05, 0.1) is 19.9 Å². The third-order valence-electron chi connectivity index (χ3n) is 3.68. The van der Waals surface area contributed by atoms with Crippen LogP contribution in [0.1, 0.15) is 15.2 Å². The normalized spacial score (nSPS) is 11.0. The first-order chi connectivity index (χ1) is 12.6. The summed E-state index contributed by atoms with van der Waals surface area (Å²) in [6.07, 6.45) is 3.39. The summed E-state index contributed by atoms with van der Waals surface area (Å²) >= 11 is 6.03. The van der Waals surface area contributed by atoms with Gasteiger partial charge in [-0.15, -0.1) is 11.3 Å². The molecule has 130 valence electrons. The minimum absolute atomic E-state index is 0.177. The maximum atomic E-state index is 14.0. The lowest BCUT2D eigenvalue weighted by molar-refractivity contribution is 0.0989. The molecule has 0 aliphatic carbocycles. The highest BCUT2D eigenvalue weighted by Crippen LogP contribution is 2.33. The molecule has 8 heteroatoms. The van der Waals surface area contributed by atoms with Gasteiger partial charge in [0.2, 0.25) is 0 Å². The van der Waals surface area contributed by atoms with Gasteiger partial charge < -0.3 is 0 Å². The lowest BCUT2D eigenvalue weighted by atomic mass is 10.2. The van der Waals surface area contributed by atoms with Crippen LogP contribution in [0.15, 0.2) is 58.6 Å². The summed E-state index contributed by atoms with van der Waals surface area (Å²) in [7, 11) is 0. The number of nitrogens with zero attached hydrogens (tertiary/aromatic N) is 3. The number of hydrogen-bond acceptors (Lipinski definition) is 5. The lowest BCUT2D eigenvalue weighted by Gasteiger charge is -2.19. The number of para-hydroxylation sites is 1. The Hall–Kier alpha value is -2.16. The van der Waals surface area contributed by atoms with E-state index in [2.05, 4.69) is 25.9 Å². The van der Waals surface area contributed by atoms with E-state index in [1.807, 2.05) is 18.2 Å². The monoisotopic (exact) mass is 447 g/mol. The predicted molar refractivity (Wildman–Crippen MR) is 106 cm³/mol. The average molecular weight is 448 g/mol. The van der Waals surface area contributed by atoms with Gasteiger partial charge in [-0.1, -0.05) is 23.5 Å². The second-order valence-electron chi connectivity index (χ2n) is 5.44. The van der Waals surface area contributed by atoms with Crippen molar-refractivity contribution >= 4 is 59.9 Å². The Morgan fingerprint density at radius 1 is 1.15 bits per heavy atom. The Morgan fingerprint density at radius 3 is 2.73 bits per heavy atom. The number of rotatable bonds is 4. The molecule has 0 saturated heterocycles. The molecule has 1 amide bonds. The van der Waals surface area contributed by atoms with Crippen molar-refractivity contribution in [2.45, 2.75) is 6.54 Å². The van der Waals surface area contributed by atoms with Crippen molar-refractivity contribution in [2.24, 2.45) is 0 Å². The molecule has 4 nitrogen and oxygen atoms in total. The van der Waals surface area contributed by atoms with Crippen molar-refractivity contribution < 1.29 is 9.18 Å². The Balaban J connectivity index is 1.78. The number of amides is 1. The van der Waals surface area contributed by atoms with E-state index in [9.17, 15) is 9.18 Å². The Kier molecular flexibility index (Phi) is 4.80. The molecule has 0 fully saturated rings. The molecule has 0 saturated carbocycles. The molecule has 0 atom stereocenters. The van der Waals surface area contributed by atoms with Crippen molar-refractivity contribution in [3.05, 3.63) is 74.9 Å². The van der Waals surface area contributed by atoms with Crippen LogP contribution in [0.2, 0.25) is 0 Å². The van der Waals surface area contributed by atoms with Gasteiger partial charge in [-0.2, -0.15) is 0 Å². The number of hydrogen-bond donors (Lipinski definition) is 0. The molecule has 0 spiro atoms. The summed E-state index contributed by atoms with van der Waals surface area (Å²) in [5.41, 5.74) is 1.15.